The van der Waals surface area contributed by atoms with Crippen LogP contribution in [-0.2, 0) is 4.74 Å². The monoisotopic (exact) mass is 291 g/mol. The van der Waals surface area contributed by atoms with E-state index in [0.717, 1.165) is 11.3 Å². The summed E-state index contributed by atoms with van der Waals surface area (Å²) >= 11 is 0. The van der Waals surface area contributed by atoms with Crippen LogP contribution in [0.4, 0.5) is 9.09 Å². The molecule has 0 radical (unpaired) electrons. The molecule has 0 aromatic heterocycles. The van der Waals surface area contributed by atoms with Crippen LogP contribution in [-0.4, -0.2) is 17.7 Å². The maximum atomic E-state index is 13.7. The zero-order chi connectivity index (χ0) is 14.4. The van der Waals surface area contributed by atoms with Crippen LogP contribution in [0.2, 0.25) is 0 Å². The fraction of sp³-hybridized carbons (Fsp3) is 0.200. The summed E-state index contributed by atoms with van der Waals surface area (Å²) in [6.07, 6.45) is 14.6. The molecule has 0 unspecified atom stereocenters. The molecule has 0 N–H and O–H groups in total. The van der Waals surface area contributed by atoms with Gasteiger partial charge in [-0.3, -0.25) is 9.70 Å². The third kappa shape index (κ3) is 4.42. The Morgan fingerprint density at radius 2 is 2.29 bits per heavy atom. The molecule has 0 aromatic carbocycles. The van der Waals surface area contributed by atoms with Crippen molar-refractivity contribution in [1.29, 1.82) is 5.26 Å². The first-order chi connectivity index (χ1) is 9.70. The van der Waals surface area contributed by atoms with Gasteiger partial charge in [-0.2, -0.15) is 4.39 Å². The van der Waals surface area contributed by atoms with Crippen molar-refractivity contribution >= 4 is 6.21 Å². The maximum absolute atomic E-state index is 13.7. The van der Waals surface area contributed by atoms with Gasteiger partial charge in [-0.05, 0) is 30.7 Å². The first-order valence-electron chi connectivity index (χ1n) is 6.17. The molecule has 6 heteroatoms. The van der Waals surface area contributed by atoms with Crippen molar-refractivity contribution in [1.82, 2.24) is 4.90 Å². The molecule has 0 bridgehead atoms. The molecular formula is C15H15F2N3O. The number of nitrogens with zero attached hydrogens (tertiary/aromatic N) is 3. The van der Waals surface area contributed by atoms with E-state index >= 15 is 0 Å². The molecule has 0 amide bonds. The molecule has 2 heterocycles. The molecule has 0 atom stereocenters. The summed E-state index contributed by atoms with van der Waals surface area (Å²) in [4.78, 5) is 5.93. The largest absolute Gasteiger partial charge is 0.355 e. The van der Waals surface area contributed by atoms with Crippen molar-refractivity contribution in [3.8, 4) is 6.26 Å². The number of aliphatic imine (C=N–C) groups is 1. The summed E-state index contributed by atoms with van der Waals surface area (Å²) in [5.74, 6) is 0. The Morgan fingerprint density at radius 1 is 1.48 bits per heavy atom. The molecule has 0 saturated carbocycles. The molecular weight excluding hydrogens is 276 g/mol. The van der Waals surface area contributed by atoms with Crippen molar-refractivity contribution in [2.75, 3.05) is 6.54 Å². The summed E-state index contributed by atoms with van der Waals surface area (Å²) in [5, 5.41) is 8.40. The van der Waals surface area contributed by atoms with Crippen LogP contribution in [0.3, 0.4) is 0 Å². The molecule has 0 aliphatic carbocycles. The maximum Gasteiger partial charge on any atom is 0.313 e. The Kier molecular flexibility index (Phi) is 6.08. The molecule has 2 rings (SSSR count). The van der Waals surface area contributed by atoms with Crippen molar-refractivity contribution in [2.45, 2.75) is 13.3 Å². The lowest BCUT2D eigenvalue weighted by molar-refractivity contribution is 0.244. The highest BCUT2D eigenvalue weighted by atomic mass is 19.1. The number of allylic oxidation sites excluding steroid dienone is 6. The van der Waals surface area contributed by atoms with E-state index in [0.29, 0.717) is 13.0 Å². The van der Waals surface area contributed by atoms with Gasteiger partial charge in [-0.25, -0.2) is 0 Å². The van der Waals surface area contributed by atoms with Gasteiger partial charge in [-0.15, -0.1) is 5.26 Å². The highest BCUT2D eigenvalue weighted by molar-refractivity contribution is 5.64. The zero-order valence-electron chi connectivity index (χ0n) is 11.5. The normalized spacial score (nSPS) is 19.0. The highest BCUT2D eigenvalue weighted by Gasteiger charge is 2.16. The van der Waals surface area contributed by atoms with Gasteiger partial charge >= 0.3 is 6.01 Å². The number of halogens is 2. The molecule has 0 spiro atoms. The van der Waals surface area contributed by atoms with Crippen LogP contribution in [0, 0.1) is 11.5 Å². The van der Waals surface area contributed by atoms with Crippen molar-refractivity contribution in [2.24, 2.45) is 4.99 Å². The van der Waals surface area contributed by atoms with Crippen LogP contribution in [0.25, 0.3) is 0 Å². The number of ether oxygens (including phenoxy) is 1. The van der Waals surface area contributed by atoms with Crippen molar-refractivity contribution in [3.63, 3.8) is 0 Å². The number of rotatable bonds is 3. The first kappa shape index (κ1) is 16.4. The van der Waals surface area contributed by atoms with Crippen LogP contribution in [0.5, 0.6) is 0 Å². The van der Waals surface area contributed by atoms with Gasteiger partial charge in [0.25, 0.3) is 6.26 Å². The van der Waals surface area contributed by atoms with E-state index in [1.807, 2.05) is 25.3 Å². The van der Waals surface area contributed by atoms with E-state index in [-0.39, 0.29) is 10.4 Å². The Bertz CT molecular complexity index is 607. The van der Waals surface area contributed by atoms with Gasteiger partial charge in [-0.1, -0.05) is 12.2 Å². The summed E-state index contributed by atoms with van der Waals surface area (Å²) < 4.78 is 18.0. The second-order valence-corrected chi connectivity index (χ2v) is 4.33. The van der Waals surface area contributed by atoms with Gasteiger partial charge < -0.3 is 9.64 Å². The quantitative estimate of drug-likeness (QED) is 0.591. The topological polar surface area (TPSA) is 48.6 Å². The van der Waals surface area contributed by atoms with Gasteiger partial charge in [0.15, 0.2) is 0 Å². The Hall–Kier alpha value is -2.68. The number of nitriles is 1. The zero-order valence-corrected chi connectivity index (χ0v) is 11.5. The van der Waals surface area contributed by atoms with E-state index < -0.39 is 6.01 Å². The van der Waals surface area contributed by atoms with Gasteiger partial charge in [0.1, 0.15) is 5.70 Å². The minimum atomic E-state index is -0.900. The van der Waals surface area contributed by atoms with Crippen LogP contribution in [0.1, 0.15) is 13.3 Å². The second kappa shape index (κ2) is 7.80. The van der Waals surface area contributed by atoms with Gasteiger partial charge in [0.2, 0.25) is 0 Å². The molecule has 2 aliphatic heterocycles. The van der Waals surface area contributed by atoms with Gasteiger partial charge in [0.05, 0.1) is 0 Å². The highest BCUT2D eigenvalue weighted by Crippen LogP contribution is 2.21. The van der Waals surface area contributed by atoms with Crippen LogP contribution < -0.4 is 0 Å². The third-order valence-electron chi connectivity index (χ3n) is 2.86. The van der Waals surface area contributed by atoms with E-state index in [1.54, 1.807) is 29.3 Å². The Labute approximate surface area is 121 Å². The number of hydrogen-bond donors (Lipinski definition) is 0. The second-order valence-electron chi connectivity index (χ2n) is 4.33. The van der Waals surface area contributed by atoms with E-state index in [1.165, 1.54) is 6.26 Å². The van der Waals surface area contributed by atoms with E-state index in [2.05, 4.69) is 9.73 Å². The average molecular weight is 291 g/mol. The predicted molar refractivity (Wildman–Crippen MR) is 77.3 cm³/mol. The predicted octanol–water partition coefficient (Wildman–Crippen LogP) is 3.47. The lowest BCUT2D eigenvalue weighted by Gasteiger charge is -2.24. The minimum absolute atomic E-state index is 0. The number of hydrogen-bond acceptors (Lipinski definition) is 4. The molecule has 0 aromatic rings. The molecule has 4 nitrogen and oxygen atoms in total. The van der Waals surface area contributed by atoms with E-state index in [9.17, 15) is 4.39 Å². The summed E-state index contributed by atoms with van der Waals surface area (Å²) in [6, 6.07) is -0.900. The summed E-state index contributed by atoms with van der Waals surface area (Å²) in [5.41, 5.74) is 2.26. The molecule has 2 aliphatic rings. The molecule has 110 valence electrons. The standard InChI is InChI=1S/C15H14FN3O.FH/c1-12-5-6-13(7-8-18-12)10-19-9-3-2-4-14(19)15(16)20-11-17;/h2-6,8-9H,7,10H2,1H3;1H/b15-14+;. The van der Waals surface area contributed by atoms with Gasteiger partial charge in [0, 0.05) is 31.1 Å². The minimum Gasteiger partial charge on any atom is -0.355 e. The van der Waals surface area contributed by atoms with Crippen molar-refractivity contribution < 1.29 is 13.8 Å². The molecule has 0 saturated heterocycles. The first-order valence-corrected chi connectivity index (χ1v) is 6.17. The third-order valence-corrected chi connectivity index (χ3v) is 2.86. The fourth-order valence-electron chi connectivity index (χ4n) is 1.88. The molecule has 21 heavy (non-hydrogen) atoms. The Balaban J connectivity index is 0.00000220. The van der Waals surface area contributed by atoms with Crippen LogP contribution in [0.15, 0.2) is 64.6 Å². The summed E-state index contributed by atoms with van der Waals surface area (Å²) in [6.45, 7) is 2.43. The van der Waals surface area contributed by atoms with Crippen molar-refractivity contribution in [3.05, 3.63) is 59.6 Å². The van der Waals surface area contributed by atoms with Crippen LogP contribution >= 0.6 is 0 Å². The van der Waals surface area contributed by atoms with E-state index in [4.69, 9.17) is 5.26 Å². The summed E-state index contributed by atoms with van der Waals surface area (Å²) in [7, 11) is 0. The fourth-order valence-corrected chi connectivity index (χ4v) is 1.88. The Morgan fingerprint density at radius 3 is 3.05 bits per heavy atom. The smallest absolute Gasteiger partial charge is 0.313 e. The average Bonchev–Trinajstić information content (AvgIpc) is 2.65. The lowest BCUT2D eigenvalue weighted by atomic mass is 10.1. The molecule has 0 fully saturated rings. The lowest BCUT2D eigenvalue weighted by Crippen LogP contribution is -2.21. The SMILES string of the molecule is CC1=CC=C(CN2C=CC=C/C2=C(/F)OC#N)CC=N1.F.